The molecule has 0 fully saturated rings. The van der Waals surface area contributed by atoms with Crippen LogP contribution in [-0.2, 0) is 10.0 Å². The lowest BCUT2D eigenvalue weighted by Crippen LogP contribution is -2.27. The van der Waals surface area contributed by atoms with E-state index in [1.165, 1.54) is 41.1 Å². The quantitative estimate of drug-likeness (QED) is 0.783. The van der Waals surface area contributed by atoms with Crippen LogP contribution in [0.2, 0.25) is 0 Å². The fourth-order valence-corrected chi connectivity index (χ4v) is 4.00. The minimum atomic E-state index is -4.06. The summed E-state index contributed by atoms with van der Waals surface area (Å²) in [7, 11) is -4.06. The van der Waals surface area contributed by atoms with Crippen LogP contribution < -0.4 is 10.3 Å². The highest BCUT2D eigenvalue weighted by Gasteiger charge is 2.24. The molecule has 0 spiro atoms. The van der Waals surface area contributed by atoms with Crippen molar-refractivity contribution in [3.05, 3.63) is 51.5 Å². The number of hydrogen-bond donors (Lipinski definition) is 1. The summed E-state index contributed by atoms with van der Waals surface area (Å²) in [6, 6.07) is 3.27. The van der Waals surface area contributed by atoms with E-state index in [9.17, 15) is 13.2 Å². The number of aryl methyl sites for hydroxylation is 2. The number of thiazole rings is 1. The van der Waals surface area contributed by atoms with Gasteiger partial charge < -0.3 is 0 Å². The van der Waals surface area contributed by atoms with Crippen molar-refractivity contribution >= 4 is 32.1 Å². The molecule has 9 heteroatoms. The van der Waals surface area contributed by atoms with Crippen LogP contribution in [-0.4, -0.2) is 22.8 Å². The molecule has 0 aromatic carbocycles. The van der Waals surface area contributed by atoms with Gasteiger partial charge in [0.05, 0.1) is 5.69 Å². The van der Waals surface area contributed by atoms with Crippen LogP contribution in [0, 0.1) is 13.8 Å². The smallest absolute Gasteiger partial charge is 0.267 e. The van der Waals surface area contributed by atoms with Gasteiger partial charge in [-0.15, -0.1) is 11.3 Å². The van der Waals surface area contributed by atoms with Crippen molar-refractivity contribution in [1.29, 1.82) is 0 Å². The average molecular weight is 336 g/mol. The minimum absolute atomic E-state index is 0.153. The summed E-state index contributed by atoms with van der Waals surface area (Å²) < 4.78 is 28.5. The van der Waals surface area contributed by atoms with Gasteiger partial charge in [-0.25, -0.2) is 18.4 Å². The molecule has 114 valence electrons. The molecule has 1 N–H and O–H groups in total. The molecule has 3 aromatic rings. The van der Waals surface area contributed by atoms with Gasteiger partial charge >= 0.3 is 0 Å². The average Bonchev–Trinajstić information content (AvgIpc) is 2.89. The van der Waals surface area contributed by atoms with Gasteiger partial charge in [-0.05, 0) is 25.5 Å². The van der Waals surface area contributed by atoms with Crippen LogP contribution in [0.1, 0.15) is 11.3 Å². The molecule has 7 nitrogen and oxygen atoms in total. The molecule has 3 rings (SSSR count). The topological polar surface area (TPSA) is 93.4 Å². The Kier molecular flexibility index (Phi) is 3.45. The fraction of sp³-hybridized carbons (Fsp3) is 0.154. The van der Waals surface area contributed by atoms with E-state index in [4.69, 9.17) is 0 Å². The van der Waals surface area contributed by atoms with Gasteiger partial charge in [-0.2, -0.15) is 0 Å². The molecule has 0 aliphatic heterocycles. The second-order valence-electron chi connectivity index (χ2n) is 4.71. The molecule has 0 atom stereocenters. The lowest BCUT2D eigenvalue weighted by molar-refractivity contribution is 0.598. The van der Waals surface area contributed by atoms with Crippen LogP contribution in [0.15, 0.2) is 39.6 Å². The van der Waals surface area contributed by atoms with Gasteiger partial charge in [-0.1, -0.05) is 6.07 Å². The number of aromatic nitrogens is 3. The van der Waals surface area contributed by atoms with Gasteiger partial charge in [0.25, 0.3) is 15.6 Å². The first kappa shape index (κ1) is 14.7. The van der Waals surface area contributed by atoms with Crippen molar-refractivity contribution < 1.29 is 8.42 Å². The second-order valence-corrected chi connectivity index (χ2v) is 7.21. The monoisotopic (exact) mass is 336 g/mol. The van der Waals surface area contributed by atoms with Crippen molar-refractivity contribution in [2.75, 3.05) is 4.72 Å². The van der Waals surface area contributed by atoms with E-state index in [0.29, 0.717) is 4.96 Å². The van der Waals surface area contributed by atoms with E-state index < -0.39 is 15.6 Å². The summed E-state index contributed by atoms with van der Waals surface area (Å²) in [5.41, 5.74) is 0.441. The van der Waals surface area contributed by atoms with Gasteiger partial charge in [0.1, 0.15) is 5.82 Å². The molecule has 0 radical (unpaired) electrons. The largest absolute Gasteiger partial charge is 0.279 e. The Hall–Kier alpha value is -2.26. The van der Waals surface area contributed by atoms with Gasteiger partial charge in [0.2, 0.25) is 0 Å². The Morgan fingerprint density at radius 2 is 2.05 bits per heavy atom. The standard InChI is InChI=1S/C13H12N4O3S2/c1-8-3-4-10(14-7-8)16-22(19,20)11-9(2)15-13-17(12(11)18)5-6-21-13/h3-7H,1-2H3,(H,14,16). The molecule has 0 unspecified atom stereocenters. The van der Waals surface area contributed by atoms with Crippen molar-refractivity contribution in [2.45, 2.75) is 18.7 Å². The first-order valence-corrected chi connectivity index (χ1v) is 8.67. The van der Waals surface area contributed by atoms with Crippen LogP contribution >= 0.6 is 11.3 Å². The first-order chi connectivity index (χ1) is 10.4. The van der Waals surface area contributed by atoms with Crippen LogP contribution in [0.5, 0.6) is 0 Å². The predicted octanol–water partition coefficient (Wildman–Crippen LogP) is 1.57. The number of anilines is 1. The molecule has 0 amide bonds. The summed E-state index contributed by atoms with van der Waals surface area (Å²) in [5.74, 6) is 0.153. The van der Waals surface area contributed by atoms with Crippen LogP contribution in [0.3, 0.4) is 0 Å². The summed E-state index contributed by atoms with van der Waals surface area (Å²) in [6.07, 6.45) is 3.04. The third kappa shape index (κ3) is 2.48. The van der Waals surface area contributed by atoms with Gasteiger partial charge in [-0.3, -0.25) is 13.9 Å². The molecule has 0 bridgehead atoms. The Labute approximate surface area is 130 Å². The maximum absolute atomic E-state index is 12.5. The summed E-state index contributed by atoms with van der Waals surface area (Å²) in [6.45, 7) is 3.34. The number of rotatable bonds is 3. The van der Waals surface area contributed by atoms with Crippen molar-refractivity contribution in [2.24, 2.45) is 0 Å². The molecule has 0 aliphatic carbocycles. The highest BCUT2D eigenvalue weighted by molar-refractivity contribution is 7.92. The fourth-order valence-electron chi connectivity index (χ4n) is 1.99. The molecule has 3 heterocycles. The third-order valence-electron chi connectivity index (χ3n) is 3.01. The first-order valence-electron chi connectivity index (χ1n) is 6.30. The molecular weight excluding hydrogens is 324 g/mol. The molecular formula is C13H12N4O3S2. The van der Waals surface area contributed by atoms with Crippen molar-refractivity contribution in [1.82, 2.24) is 14.4 Å². The van der Waals surface area contributed by atoms with Gasteiger partial charge in [0, 0.05) is 17.8 Å². The van der Waals surface area contributed by atoms with Crippen LogP contribution in [0.25, 0.3) is 4.96 Å². The van der Waals surface area contributed by atoms with Gasteiger partial charge in [0.15, 0.2) is 9.86 Å². The molecule has 0 saturated heterocycles. The second kappa shape index (κ2) is 5.18. The zero-order valence-corrected chi connectivity index (χ0v) is 13.4. The number of sulfonamides is 1. The minimum Gasteiger partial charge on any atom is -0.267 e. The highest BCUT2D eigenvalue weighted by atomic mass is 32.2. The highest BCUT2D eigenvalue weighted by Crippen LogP contribution is 2.16. The number of fused-ring (bicyclic) bond motifs is 1. The van der Waals surface area contributed by atoms with Crippen molar-refractivity contribution in [3.63, 3.8) is 0 Å². The summed E-state index contributed by atoms with van der Waals surface area (Å²) >= 11 is 1.26. The number of nitrogens with one attached hydrogen (secondary N) is 1. The normalized spacial score (nSPS) is 11.7. The Balaban J connectivity index is 2.12. The molecule has 0 saturated carbocycles. The predicted molar refractivity (Wildman–Crippen MR) is 83.9 cm³/mol. The Morgan fingerprint density at radius 3 is 2.73 bits per heavy atom. The summed E-state index contributed by atoms with van der Waals surface area (Å²) in [5, 5.41) is 1.68. The Bertz CT molecular complexity index is 1000. The van der Waals surface area contributed by atoms with Crippen LogP contribution in [0.4, 0.5) is 5.82 Å². The van der Waals surface area contributed by atoms with E-state index in [1.54, 1.807) is 11.4 Å². The maximum atomic E-state index is 12.5. The maximum Gasteiger partial charge on any atom is 0.279 e. The zero-order chi connectivity index (χ0) is 15.9. The third-order valence-corrected chi connectivity index (χ3v) is 5.26. The van der Waals surface area contributed by atoms with E-state index in [-0.39, 0.29) is 16.4 Å². The SMILES string of the molecule is Cc1ccc(NS(=O)(=O)c2c(C)nc3sccn3c2=O)nc1. The van der Waals surface area contributed by atoms with E-state index >= 15 is 0 Å². The number of hydrogen-bond acceptors (Lipinski definition) is 6. The van der Waals surface area contributed by atoms with E-state index in [1.807, 2.05) is 6.92 Å². The number of nitrogens with zero attached hydrogens (tertiary/aromatic N) is 3. The van der Waals surface area contributed by atoms with E-state index in [2.05, 4.69) is 14.7 Å². The van der Waals surface area contributed by atoms with Crippen molar-refractivity contribution in [3.8, 4) is 0 Å². The lowest BCUT2D eigenvalue weighted by Gasteiger charge is -2.09. The molecule has 0 aliphatic rings. The zero-order valence-electron chi connectivity index (χ0n) is 11.8. The van der Waals surface area contributed by atoms with E-state index in [0.717, 1.165) is 5.56 Å². The molecule has 3 aromatic heterocycles. The molecule has 22 heavy (non-hydrogen) atoms. The Morgan fingerprint density at radius 1 is 1.27 bits per heavy atom. The summed E-state index contributed by atoms with van der Waals surface area (Å²) in [4.78, 5) is 20.6. The lowest BCUT2D eigenvalue weighted by atomic mass is 10.3. The number of pyridine rings is 1.